The molecule has 4 aromatic rings. The third kappa shape index (κ3) is 3.70. The van der Waals surface area contributed by atoms with Crippen molar-refractivity contribution in [1.82, 2.24) is 9.72 Å². The third-order valence-corrected chi connectivity index (χ3v) is 6.58. The molecule has 148 valence electrons. The van der Waals surface area contributed by atoms with Crippen molar-refractivity contribution in [3.8, 4) is 11.4 Å². The number of ether oxygens (including phenoxy) is 1. The molecule has 29 heavy (non-hydrogen) atoms. The fourth-order valence-electron chi connectivity index (χ4n) is 3.09. The molecule has 2 aromatic heterocycles. The molecule has 0 radical (unpaired) electrons. The zero-order valence-corrected chi connectivity index (χ0v) is 17.6. The number of benzene rings is 2. The van der Waals surface area contributed by atoms with Gasteiger partial charge >= 0.3 is 0 Å². The van der Waals surface area contributed by atoms with Gasteiger partial charge in [0, 0.05) is 22.0 Å². The average molecular weight is 475 g/mol. The van der Waals surface area contributed by atoms with Crippen molar-refractivity contribution in [2.75, 3.05) is 7.11 Å². The monoisotopic (exact) mass is 474 g/mol. The van der Waals surface area contributed by atoms with Crippen LogP contribution in [0.2, 0.25) is 0 Å². The minimum Gasteiger partial charge on any atom is -0.495 e. The SMILES string of the molecule is COc1cc(Br)ccc1-n1c(=O)ccc2cc(S(=O)(=O)Cc3ccon3)ccc21. The van der Waals surface area contributed by atoms with Crippen LogP contribution in [0.1, 0.15) is 5.69 Å². The predicted octanol–water partition coefficient (Wildman–Crippen LogP) is 3.72. The summed E-state index contributed by atoms with van der Waals surface area (Å²) in [5.74, 6) is 0.242. The van der Waals surface area contributed by atoms with E-state index in [1.165, 1.54) is 36.1 Å². The molecule has 9 heteroatoms. The summed E-state index contributed by atoms with van der Waals surface area (Å²) in [4.78, 5) is 12.8. The number of pyridine rings is 1. The van der Waals surface area contributed by atoms with Gasteiger partial charge in [0.2, 0.25) is 0 Å². The highest BCUT2D eigenvalue weighted by atomic mass is 79.9. The summed E-state index contributed by atoms with van der Waals surface area (Å²) in [5, 5.41) is 4.27. The molecule has 4 rings (SSSR count). The van der Waals surface area contributed by atoms with Crippen LogP contribution in [0.4, 0.5) is 0 Å². The first-order chi connectivity index (χ1) is 13.9. The summed E-state index contributed by atoms with van der Waals surface area (Å²) in [6.45, 7) is 0. The van der Waals surface area contributed by atoms with Gasteiger partial charge in [-0.15, -0.1) is 0 Å². The minimum absolute atomic E-state index is 0.140. The second-order valence-electron chi connectivity index (χ2n) is 6.29. The smallest absolute Gasteiger partial charge is 0.255 e. The number of methoxy groups -OCH3 is 1. The van der Waals surface area contributed by atoms with Gasteiger partial charge in [0.05, 0.1) is 28.9 Å². The number of aromatic nitrogens is 2. The predicted molar refractivity (Wildman–Crippen MR) is 111 cm³/mol. The lowest BCUT2D eigenvalue weighted by molar-refractivity contribution is 0.412. The van der Waals surface area contributed by atoms with Gasteiger partial charge in [-0.2, -0.15) is 0 Å². The Morgan fingerprint density at radius 1 is 1.10 bits per heavy atom. The molecule has 0 aliphatic rings. The normalized spacial score (nSPS) is 11.7. The largest absolute Gasteiger partial charge is 0.495 e. The maximum atomic E-state index is 12.7. The quantitative estimate of drug-likeness (QED) is 0.437. The van der Waals surface area contributed by atoms with Crippen molar-refractivity contribution >= 4 is 36.7 Å². The van der Waals surface area contributed by atoms with Crippen LogP contribution in [0.25, 0.3) is 16.6 Å². The molecule has 0 saturated carbocycles. The Balaban J connectivity index is 1.87. The fraction of sp³-hybridized carbons (Fsp3) is 0.100. The summed E-state index contributed by atoms with van der Waals surface area (Å²) in [6.07, 6.45) is 1.33. The molecule has 2 heterocycles. The minimum atomic E-state index is -3.62. The van der Waals surface area contributed by atoms with Gasteiger partial charge < -0.3 is 9.26 Å². The summed E-state index contributed by atoms with van der Waals surface area (Å²) >= 11 is 3.39. The van der Waals surface area contributed by atoms with E-state index in [9.17, 15) is 13.2 Å². The molecule has 0 amide bonds. The van der Waals surface area contributed by atoms with E-state index in [4.69, 9.17) is 9.26 Å². The van der Waals surface area contributed by atoms with E-state index in [0.717, 1.165) is 4.47 Å². The van der Waals surface area contributed by atoms with Gasteiger partial charge in [0.1, 0.15) is 17.8 Å². The number of hydrogen-bond acceptors (Lipinski definition) is 6. The Hall–Kier alpha value is -2.91. The topological polar surface area (TPSA) is 91.4 Å². The first-order valence-corrected chi connectivity index (χ1v) is 11.0. The molecule has 0 bridgehead atoms. The molecule has 0 fully saturated rings. The second kappa shape index (κ2) is 7.49. The van der Waals surface area contributed by atoms with E-state index in [-0.39, 0.29) is 16.2 Å². The molecule has 0 unspecified atom stereocenters. The zero-order valence-electron chi connectivity index (χ0n) is 15.2. The van der Waals surface area contributed by atoms with Crippen LogP contribution in [0.5, 0.6) is 5.75 Å². The first kappa shape index (κ1) is 19.4. The summed E-state index contributed by atoms with van der Waals surface area (Å²) in [7, 11) is -2.10. The Labute approximate surface area is 174 Å². The summed E-state index contributed by atoms with van der Waals surface area (Å²) in [5.41, 5.74) is 1.20. The zero-order chi connectivity index (χ0) is 20.6. The molecular weight excluding hydrogens is 460 g/mol. The molecular formula is C20H15BrN2O5S. The molecule has 2 aromatic carbocycles. The van der Waals surface area contributed by atoms with Crippen LogP contribution in [0, 0.1) is 0 Å². The summed E-state index contributed by atoms with van der Waals surface area (Å²) < 4.78 is 37.9. The molecule has 7 nitrogen and oxygen atoms in total. The van der Waals surface area contributed by atoms with E-state index in [1.807, 2.05) is 0 Å². The van der Waals surface area contributed by atoms with Crippen molar-refractivity contribution in [3.05, 3.63) is 81.4 Å². The van der Waals surface area contributed by atoms with Gasteiger partial charge in [0.25, 0.3) is 5.56 Å². The van der Waals surface area contributed by atoms with E-state index in [0.29, 0.717) is 28.0 Å². The van der Waals surface area contributed by atoms with Crippen LogP contribution in [0.3, 0.4) is 0 Å². The number of hydrogen-bond donors (Lipinski definition) is 0. The van der Waals surface area contributed by atoms with E-state index < -0.39 is 9.84 Å². The number of nitrogens with zero attached hydrogens (tertiary/aromatic N) is 2. The van der Waals surface area contributed by atoms with E-state index in [2.05, 4.69) is 21.1 Å². The van der Waals surface area contributed by atoms with Crippen molar-refractivity contribution in [3.63, 3.8) is 0 Å². The number of halogens is 1. The number of fused-ring (bicyclic) bond motifs is 1. The van der Waals surface area contributed by atoms with Crippen molar-refractivity contribution in [2.24, 2.45) is 0 Å². The Bertz CT molecular complexity index is 1360. The molecule has 0 aliphatic carbocycles. The highest BCUT2D eigenvalue weighted by Crippen LogP contribution is 2.29. The van der Waals surface area contributed by atoms with E-state index in [1.54, 1.807) is 36.4 Å². The van der Waals surface area contributed by atoms with Crippen LogP contribution in [-0.2, 0) is 15.6 Å². The standard InChI is InChI=1S/C20H15BrN2O5S/c1-27-19-11-14(21)3-5-18(19)23-17-6-4-16(10-13(17)2-7-20(23)24)29(25,26)12-15-8-9-28-22-15/h2-11H,12H2,1H3. The van der Waals surface area contributed by atoms with Gasteiger partial charge in [-0.1, -0.05) is 21.1 Å². The van der Waals surface area contributed by atoms with Gasteiger partial charge in [0.15, 0.2) is 9.84 Å². The van der Waals surface area contributed by atoms with Crippen molar-refractivity contribution in [2.45, 2.75) is 10.6 Å². The highest BCUT2D eigenvalue weighted by Gasteiger charge is 2.19. The number of sulfone groups is 1. The van der Waals surface area contributed by atoms with Crippen LogP contribution in [-0.4, -0.2) is 25.3 Å². The third-order valence-electron chi connectivity index (χ3n) is 4.44. The average Bonchev–Trinajstić information content (AvgIpc) is 3.20. The van der Waals surface area contributed by atoms with Crippen molar-refractivity contribution in [1.29, 1.82) is 0 Å². The number of rotatable bonds is 5. The van der Waals surface area contributed by atoms with Gasteiger partial charge in [-0.3, -0.25) is 9.36 Å². The molecule has 0 N–H and O–H groups in total. The second-order valence-corrected chi connectivity index (χ2v) is 9.20. The first-order valence-electron chi connectivity index (χ1n) is 8.51. The lowest BCUT2D eigenvalue weighted by Crippen LogP contribution is -2.18. The lowest BCUT2D eigenvalue weighted by Gasteiger charge is -2.15. The molecule has 0 atom stereocenters. The van der Waals surface area contributed by atoms with Crippen LogP contribution in [0.15, 0.2) is 79.5 Å². The van der Waals surface area contributed by atoms with Crippen LogP contribution < -0.4 is 10.3 Å². The van der Waals surface area contributed by atoms with Crippen molar-refractivity contribution < 1.29 is 17.7 Å². The molecule has 0 saturated heterocycles. The lowest BCUT2D eigenvalue weighted by atomic mass is 10.2. The molecule has 0 spiro atoms. The highest BCUT2D eigenvalue weighted by molar-refractivity contribution is 9.10. The Morgan fingerprint density at radius 2 is 1.93 bits per heavy atom. The Morgan fingerprint density at radius 3 is 2.66 bits per heavy atom. The Kier molecular flexibility index (Phi) is 5.01. The fourth-order valence-corrected chi connectivity index (χ4v) is 4.72. The van der Waals surface area contributed by atoms with Gasteiger partial charge in [-0.25, -0.2) is 8.42 Å². The maximum absolute atomic E-state index is 12.7. The van der Waals surface area contributed by atoms with E-state index >= 15 is 0 Å². The summed E-state index contributed by atoms with van der Waals surface area (Å²) in [6, 6.07) is 14.5. The maximum Gasteiger partial charge on any atom is 0.255 e. The van der Waals surface area contributed by atoms with Crippen LogP contribution >= 0.6 is 15.9 Å². The molecule has 0 aliphatic heterocycles. The van der Waals surface area contributed by atoms with Gasteiger partial charge in [-0.05, 0) is 42.5 Å².